The zero-order valence-corrected chi connectivity index (χ0v) is 22.7. The summed E-state index contributed by atoms with van der Waals surface area (Å²) in [5, 5.41) is 15.2. The average Bonchev–Trinajstić information content (AvgIpc) is 3.38. The molecule has 0 spiro atoms. The summed E-state index contributed by atoms with van der Waals surface area (Å²) in [6.07, 6.45) is 1.53. The third-order valence-corrected chi connectivity index (χ3v) is 6.72. The SMILES string of the molecule is CC(C)c1ccc(C(=O)N[C@H](C(=O)N2CCC[C@H]2C(=O)N[C@@H](CCCNC(=N)N)C(=O)CF)C(C)C)cc1. The van der Waals surface area contributed by atoms with Gasteiger partial charge in [0, 0.05) is 18.7 Å². The molecule has 0 unspecified atom stereocenters. The first-order valence-corrected chi connectivity index (χ1v) is 13.1. The average molecular weight is 533 g/mol. The van der Waals surface area contributed by atoms with Crippen LogP contribution in [0.4, 0.5) is 4.39 Å². The minimum absolute atomic E-state index is 0.162. The Hall–Kier alpha value is -3.50. The summed E-state index contributed by atoms with van der Waals surface area (Å²) in [4.78, 5) is 53.1. The van der Waals surface area contributed by atoms with Crippen molar-refractivity contribution in [1.82, 2.24) is 20.9 Å². The normalized spacial score (nSPS) is 16.7. The van der Waals surface area contributed by atoms with Crippen molar-refractivity contribution < 1.29 is 23.6 Å². The first-order valence-electron chi connectivity index (χ1n) is 13.1. The number of guanidine groups is 1. The molecule has 2 rings (SSSR count). The number of benzene rings is 1. The molecule has 0 radical (unpaired) electrons. The molecule has 210 valence electrons. The fraction of sp³-hybridized carbons (Fsp3) is 0.593. The lowest BCUT2D eigenvalue weighted by Crippen LogP contribution is -2.56. The van der Waals surface area contributed by atoms with Crippen molar-refractivity contribution in [2.24, 2.45) is 11.7 Å². The maximum atomic E-state index is 13.5. The standard InChI is InChI=1S/C27H41FN6O4/c1-16(2)18-9-11-19(12-10-18)24(36)33-23(17(3)4)26(38)34-14-6-8-21(34)25(37)32-20(22(35)15-28)7-5-13-31-27(29)30/h9-12,16-17,20-21,23H,5-8,13-15H2,1-4H3,(H,32,37)(H,33,36)(H4,29,30,31)/t20-,21-,23-/m0/s1. The molecule has 1 aliphatic rings. The van der Waals surface area contributed by atoms with Crippen molar-refractivity contribution in [3.8, 4) is 0 Å². The van der Waals surface area contributed by atoms with Crippen LogP contribution in [0.15, 0.2) is 24.3 Å². The molecule has 3 amide bonds. The summed E-state index contributed by atoms with van der Waals surface area (Å²) < 4.78 is 13.1. The predicted octanol–water partition coefficient (Wildman–Crippen LogP) is 1.84. The van der Waals surface area contributed by atoms with E-state index in [1.807, 2.05) is 26.0 Å². The number of carbonyl (C=O) groups excluding carboxylic acids is 4. The molecule has 0 aliphatic carbocycles. The van der Waals surface area contributed by atoms with E-state index >= 15 is 0 Å². The van der Waals surface area contributed by atoms with Gasteiger partial charge < -0.3 is 26.6 Å². The molecule has 1 fully saturated rings. The molecule has 11 heteroatoms. The highest BCUT2D eigenvalue weighted by Gasteiger charge is 2.39. The monoisotopic (exact) mass is 532 g/mol. The number of likely N-dealkylation sites (tertiary alicyclic amines) is 1. The molecule has 0 aromatic heterocycles. The maximum Gasteiger partial charge on any atom is 0.251 e. The molecule has 3 atom stereocenters. The van der Waals surface area contributed by atoms with Crippen molar-refractivity contribution in [1.29, 1.82) is 5.41 Å². The number of nitrogens with one attached hydrogen (secondary N) is 4. The lowest BCUT2D eigenvalue weighted by Gasteiger charge is -2.31. The highest BCUT2D eigenvalue weighted by Crippen LogP contribution is 2.21. The Labute approximate surface area is 223 Å². The summed E-state index contributed by atoms with van der Waals surface area (Å²) in [6, 6.07) is 4.51. The van der Waals surface area contributed by atoms with Crippen LogP contribution in [-0.4, -0.2) is 72.3 Å². The fourth-order valence-electron chi connectivity index (χ4n) is 4.44. The molecule has 1 saturated heterocycles. The van der Waals surface area contributed by atoms with Crippen LogP contribution in [-0.2, 0) is 14.4 Å². The largest absolute Gasteiger partial charge is 0.370 e. The second-order valence-electron chi connectivity index (χ2n) is 10.3. The van der Waals surface area contributed by atoms with Crippen molar-refractivity contribution >= 4 is 29.5 Å². The van der Waals surface area contributed by atoms with E-state index in [4.69, 9.17) is 11.1 Å². The van der Waals surface area contributed by atoms with Gasteiger partial charge in [-0.1, -0.05) is 39.8 Å². The van der Waals surface area contributed by atoms with Gasteiger partial charge >= 0.3 is 0 Å². The second-order valence-corrected chi connectivity index (χ2v) is 10.3. The van der Waals surface area contributed by atoms with Crippen molar-refractivity contribution in [3.05, 3.63) is 35.4 Å². The summed E-state index contributed by atoms with van der Waals surface area (Å²) in [5.74, 6) is -2.16. The fourth-order valence-corrected chi connectivity index (χ4v) is 4.44. The molecule has 1 aliphatic heterocycles. The van der Waals surface area contributed by atoms with E-state index in [0.717, 1.165) is 5.56 Å². The van der Waals surface area contributed by atoms with Gasteiger partial charge in [0.2, 0.25) is 11.8 Å². The van der Waals surface area contributed by atoms with Crippen LogP contribution in [0.25, 0.3) is 0 Å². The summed E-state index contributed by atoms with van der Waals surface area (Å²) in [6.45, 7) is 7.17. The Morgan fingerprint density at radius 3 is 2.32 bits per heavy atom. The van der Waals surface area contributed by atoms with Gasteiger partial charge in [-0.25, -0.2) is 4.39 Å². The van der Waals surface area contributed by atoms with E-state index in [9.17, 15) is 23.6 Å². The van der Waals surface area contributed by atoms with Gasteiger partial charge in [-0.05, 0) is 55.2 Å². The molecule has 6 N–H and O–H groups in total. The summed E-state index contributed by atoms with van der Waals surface area (Å²) in [5.41, 5.74) is 6.78. The van der Waals surface area contributed by atoms with E-state index < -0.39 is 36.5 Å². The molecule has 0 saturated carbocycles. The Kier molecular flexibility index (Phi) is 11.7. The third kappa shape index (κ3) is 8.53. The van der Waals surface area contributed by atoms with E-state index in [-0.39, 0.29) is 30.1 Å². The van der Waals surface area contributed by atoms with Crippen LogP contribution in [0.5, 0.6) is 0 Å². The number of nitrogens with zero attached hydrogens (tertiary/aromatic N) is 1. The number of carbonyl (C=O) groups is 4. The zero-order valence-electron chi connectivity index (χ0n) is 22.7. The lowest BCUT2D eigenvalue weighted by molar-refractivity contribution is -0.141. The number of hydrogen-bond donors (Lipinski definition) is 5. The highest BCUT2D eigenvalue weighted by atomic mass is 19.1. The van der Waals surface area contributed by atoms with Crippen molar-refractivity contribution in [3.63, 3.8) is 0 Å². The Bertz CT molecular complexity index is 998. The smallest absolute Gasteiger partial charge is 0.251 e. The molecule has 38 heavy (non-hydrogen) atoms. The summed E-state index contributed by atoms with van der Waals surface area (Å²) in [7, 11) is 0. The first kappa shape index (κ1) is 30.7. The summed E-state index contributed by atoms with van der Waals surface area (Å²) >= 11 is 0. The Morgan fingerprint density at radius 1 is 1.11 bits per heavy atom. The van der Waals surface area contributed by atoms with Crippen molar-refractivity contribution in [2.75, 3.05) is 19.8 Å². The topological polar surface area (TPSA) is 157 Å². The molecule has 0 bridgehead atoms. The van der Waals surface area contributed by atoms with E-state index in [2.05, 4.69) is 29.8 Å². The van der Waals surface area contributed by atoms with Crippen LogP contribution in [0.1, 0.15) is 75.2 Å². The Morgan fingerprint density at radius 2 is 1.76 bits per heavy atom. The predicted molar refractivity (Wildman–Crippen MR) is 143 cm³/mol. The number of alkyl halides is 1. The number of halogens is 1. The molecular formula is C27H41FN6O4. The van der Waals surface area contributed by atoms with Crippen LogP contribution in [0.2, 0.25) is 0 Å². The number of rotatable bonds is 13. The van der Waals surface area contributed by atoms with E-state index in [1.54, 1.807) is 12.1 Å². The molecule has 1 aromatic rings. The number of ketones is 1. The molecule has 1 heterocycles. The van der Waals surface area contributed by atoms with Gasteiger partial charge in [-0.2, -0.15) is 0 Å². The third-order valence-electron chi connectivity index (χ3n) is 6.72. The van der Waals surface area contributed by atoms with Crippen LogP contribution in [0, 0.1) is 11.3 Å². The van der Waals surface area contributed by atoms with Gasteiger partial charge in [0.15, 0.2) is 11.7 Å². The maximum absolute atomic E-state index is 13.5. The molecule has 1 aromatic carbocycles. The number of nitrogens with two attached hydrogens (primary N) is 1. The van der Waals surface area contributed by atoms with E-state index in [1.165, 1.54) is 4.90 Å². The lowest BCUT2D eigenvalue weighted by atomic mass is 9.99. The van der Waals surface area contributed by atoms with Gasteiger partial charge in [0.05, 0.1) is 6.04 Å². The van der Waals surface area contributed by atoms with Crippen LogP contribution >= 0.6 is 0 Å². The minimum Gasteiger partial charge on any atom is -0.370 e. The minimum atomic E-state index is -1.22. The number of Topliss-reactive ketones (excluding diaryl/α,β-unsaturated/α-hetero) is 1. The van der Waals surface area contributed by atoms with Gasteiger partial charge in [-0.15, -0.1) is 0 Å². The van der Waals surface area contributed by atoms with Gasteiger partial charge in [0.1, 0.15) is 18.8 Å². The first-order chi connectivity index (χ1) is 18.0. The van der Waals surface area contributed by atoms with Crippen molar-refractivity contribution in [2.45, 2.75) is 77.4 Å². The quantitative estimate of drug-likeness (QED) is 0.148. The second kappa shape index (κ2) is 14.4. The Balaban J connectivity index is 2.09. The number of hydrogen-bond acceptors (Lipinski definition) is 5. The van der Waals surface area contributed by atoms with Gasteiger partial charge in [-0.3, -0.25) is 24.6 Å². The van der Waals surface area contributed by atoms with Crippen LogP contribution < -0.4 is 21.7 Å². The zero-order chi connectivity index (χ0) is 28.4. The molecule has 10 nitrogen and oxygen atoms in total. The highest BCUT2D eigenvalue weighted by molar-refractivity contribution is 5.99. The molecular weight excluding hydrogens is 491 g/mol. The van der Waals surface area contributed by atoms with E-state index in [0.29, 0.717) is 43.8 Å². The van der Waals surface area contributed by atoms with Crippen LogP contribution in [0.3, 0.4) is 0 Å². The number of amides is 3. The van der Waals surface area contributed by atoms with Gasteiger partial charge in [0.25, 0.3) is 5.91 Å².